The zero-order valence-electron chi connectivity index (χ0n) is 19.1. The number of amides is 1. The summed E-state index contributed by atoms with van der Waals surface area (Å²) < 4.78 is 11.9. The van der Waals surface area contributed by atoms with Crippen molar-refractivity contribution < 1.29 is 14.3 Å². The van der Waals surface area contributed by atoms with Gasteiger partial charge in [0.1, 0.15) is 18.1 Å². The second kappa shape index (κ2) is 10.2. The average molecular weight is 418 g/mol. The Bertz CT molecular complexity index is 1040. The summed E-state index contributed by atoms with van der Waals surface area (Å²) in [6, 6.07) is 19.7. The molecule has 1 amide bonds. The molecular weight excluding hydrogens is 386 g/mol. The van der Waals surface area contributed by atoms with Gasteiger partial charge >= 0.3 is 0 Å². The maximum atomic E-state index is 13.0. The van der Waals surface area contributed by atoms with Gasteiger partial charge in [0.05, 0.1) is 6.61 Å². The van der Waals surface area contributed by atoms with Crippen LogP contribution in [0.3, 0.4) is 0 Å². The topological polar surface area (TPSA) is 38.8 Å². The first-order valence-corrected chi connectivity index (χ1v) is 10.6. The van der Waals surface area contributed by atoms with E-state index >= 15 is 0 Å². The van der Waals surface area contributed by atoms with Crippen molar-refractivity contribution in [3.8, 4) is 11.5 Å². The zero-order valence-corrected chi connectivity index (χ0v) is 19.1. The predicted octanol–water partition coefficient (Wildman–Crippen LogP) is 5.86. The van der Waals surface area contributed by atoms with Crippen LogP contribution in [0.1, 0.15) is 45.1 Å². The van der Waals surface area contributed by atoms with E-state index in [-0.39, 0.29) is 5.91 Å². The van der Waals surface area contributed by atoms with E-state index in [9.17, 15) is 4.79 Å². The van der Waals surface area contributed by atoms with E-state index in [4.69, 9.17) is 9.47 Å². The van der Waals surface area contributed by atoms with Gasteiger partial charge < -0.3 is 14.4 Å². The van der Waals surface area contributed by atoms with Crippen LogP contribution in [0.4, 0.5) is 0 Å². The number of carbonyl (C=O) groups is 1. The van der Waals surface area contributed by atoms with E-state index in [0.717, 1.165) is 33.8 Å². The average Bonchev–Trinajstić information content (AvgIpc) is 2.76. The van der Waals surface area contributed by atoms with E-state index in [2.05, 4.69) is 26.8 Å². The lowest BCUT2D eigenvalue weighted by atomic mass is 10.1. The molecule has 4 nitrogen and oxygen atoms in total. The summed E-state index contributed by atoms with van der Waals surface area (Å²) >= 11 is 0. The number of aryl methyl sites for hydroxylation is 2. The number of hydrogen-bond donors (Lipinski definition) is 0. The molecule has 0 N–H and O–H groups in total. The molecule has 0 heterocycles. The van der Waals surface area contributed by atoms with Gasteiger partial charge in [-0.15, -0.1) is 0 Å². The molecule has 3 aromatic rings. The minimum atomic E-state index is -0.0317. The van der Waals surface area contributed by atoms with E-state index in [1.807, 2.05) is 68.6 Å². The van der Waals surface area contributed by atoms with Crippen LogP contribution in [0.2, 0.25) is 0 Å². The van der Waals surface area contributed by atoms with Crippen LogP contribution in [0.15, 0.2) is 60.7 Å². The molecule has 0 radical (unpaired) electrons. The Hall–Kier alpha value is -3.27. The Balaban J connectivity index is 1.81. The van der Waals surface area contributed by atoms with E-state index in [0.29, 0.717) is 25.3 Å². The number of nitrogens with zero attached hydrogens (tertiary/aromatic N) is 1. The molecular formula is C27H31NO3. The van der Waals surface area contributed by atoms with Gasteiger partial charge in [0.15, 0.2) is 0 Å². The summed E-state index contributed by atoms with van der Waals surface area (Å²) in [4.78, 5) is 14.8. The molecule has 0 saturated heterocycles. The molecule has 0 aliphatic carbocycles. The Morgan fingerprint density at radius 3 is 2.35 bits per heavy atom. The molecule has 31 heavy (non-hydrogen) atoms. The molecule has 0 aliphatic heterocycles. The predicted molar refractivity (Wildman–Crippen MR) is 125 cm³/mol. The Morgan fingerprint density at radius 2 is 1.65 bits per heavy atom. The summed E-state index contributed by atoms with van der Waals surface area (Å²) in [5.74, 6) is 1.57. The highest BCUT2D eigenvalue weighted by Crippen LogP contribution is 2.27. The summed E-state index contributed by atoms with van der Waals surface area (Å²) in [6.07, 6.45) is 0. The lowest BCUT2D eigenvalue weighted by Crippen LogP contribution is -2.26. The highest BCUT2D eigenvalue weighted by atomic mass is 16.5. The quantitative estimate of drug-likeness (QED) is 0.461. The van der Waals surface area contributed by atoms with Crippen molar-refractivity contribution in [2.24, 2.45) is 0 Å². The van der Waals surface area contributed by atoms with Gasteiger partial charge in [-0.05, 0) is 74.2 Å². The van der Waals surface area contributed by atoms with Crippen LogP contribution in [-0.4, -0.2) is 24.5 Å². The fraction of sp³-hybridized carbons (Fsp3) is 0.296. The standard InChI is InChI=1S/C27H31NO3/c1-6-30-25-13-12-23(27(29)28(5)17-22-10-8-7-9-11-22)16-24(25)18-31-26-15-19(2)14-20(3)21(26)4/h7-16H,6,17-18H2,1-5H3. The maximum absolute atomic E-state index is 13.0. The first-order valence-electron chi connectivity index (χ1n) is 10.6. The summed E-state index contributed by atoms with van der Waals surface area (Å²) in [6.45, 7) is 9.60. The van der Waals surface area contributed by atoms with Crippen molar-refractivity contribution >= 4 is 5.91 Å². The number of carbonyl (C=O) groups excluding carboxylic acids is 1. The highest BCUT2D eigenvalue weighted by Gasteiger charge is 2.16. The lowest BCUT2D eigenvalue weighted by molar-refractivity contribution is 0.0785. The highest BCUT2D eigenvalue weighted by molar-refractivity contribution is 5.94. The molecule has 4 heteroatoms. The van der Waals surface area contributed by atoms with Gasteiger partial charge in [-0.25, -0.2) is 0 Å². The van der Waals surface area contributed by atoms with Crippen LogP contribution in [0.5, 0.6) is 11.5 Å². The van der Waals surface area contributed by atoms with Crippen molar-refractivity contribution in [3.63, 3.8) is 0 Å². The Labute approximate surface area is 185 Å². The smallest absolute Gasteiger partial charge is 0.253 e. The van der Waals surface area contributed by atoms with Gasteiger partial charge in [-0.2, -0.15) is 0 Å². The molecule has 0 aromatic heterocycles. The molecule has 3 rings (SSSR count). The summed E-state index contributed by atoms with van der Waals surface area (Å²) in [5.41, 5.74) is 6.06. The first-order chi connectivity index (χ1) is 14.9. The molecule has 0 spiro atoms. The molecule has 0 unspecified atom stereocenters. The van der Waals surface area contributed by atoms with E-state index in [1.54, 1.807) is 4.90 Å². The van der Waals surface area contributed by atoms with E-state index < -0.39 is 0 Å². The molecule has 0 fully saturated rings. The van der Waals surface area contributed by atoms with Crippen molar-refractivity contribution in [3.05, 3.63) is 94.0 Å². The van der Waals surface area contributed by atoms with Crippen LogP contribution in [0.25, 0.3) is 0 Å². The number of hydrogen-bond acceptors (Lipinski definition) is 3. The summed E-state index contributed by atoms with van der Waals surface area (Å²) in [5, 5.41) is 0. The number of rotatable bonds is 8. The number of ether oxygens (including phenoxy) is 2. The molecule has 0 bridgehead atoms. The van der Waals surface area contributed by atoms with Crippen LogP contribution in [-0.2, 0) is 13.2 Å². The normalized spacial score (nSPS) is 10.6. The van der Waals surface area contributed by atoms with Gasteiger partial charge in [0.25, 0.3) is 5.91 Å². The lowest BCUT2D eigenvalue weighted by Gasteiger charge is -2.19. The first kappa shape index (κ1) is 22.4. The largest absolute Gasteiger partial charge is 0.493 e. The molecule has 0 aliphatic rings. The van der Waals surface area contributed by atoms with Gasteiger partial charge in [-0.3, -0.25) is 4.79 Å². The molecule has 0 atom stereocenters. The minimum absolute atomic E-state index is 0.0317. The third-order valence-corrected chi connectivity index (χ3v) is 5.36. The van der Waals surface area contributed by atoms with E-state index in [1.165, 1.54) is 5.56 Å². The molecule has 3 aromatic carbocycles. The minimum Gasteiger partial charge on any atom is -0.493 e. The second-order valence-corrected chi connectivity index (χ2v) is 7.90. The van der Waals surface area contributed by atoms with Crippen molar-refractivity contribution in [2.75, 3.05) is 13.7 Å². The van der Waals surface area contributed by atoms with Crippen LogP contribution < -0.4 is 9.47 Å². The van der Waals surface area contributed by atoms with Crippen LogP contribution in [0, 0.1) is 20.8 Å². The monoisotopic (exact) mass is 417 g/mol. The molecule has 0 saturated carbocycles. The number of benzene rings is 3. The fourth-order valence-corrected chi connectivity index (χ4v) is 3.58. The van der Waals surface area contributed by atoms with Gasteiger partial charge in [0, 0.05) is 24.7 Å². The fourth-order valence-electron chi connectivity index (χ4n) is 3.58. The van der Waals surface area contributed by atoms with Crippen molar-refractivity contribution in [1.29, 1.82) is 0 Å². The Morgan fingerprint density at radius 1 is 0.903 bits per heavy atom. The third-order valence-electron chi connectivity index (χ3n) is 5.36. The molecule has 162 valence electrons. The van der Waals surface area contributed by atoms with Crippen LogP contribution >= 0.6 is 0 Å². The second-order valence-electron chi connectivity index (χ2n) is 7.90. The van der Waals surface area contributed by atoms with Gasteiger partial charge in [-0.1, -0.05) is 36.4 Å². The van der Waals surface area contributed by atoms with Crippen molar-refractivity contribution in [1.82, 2.24) is 4.90 Å². The summed E-state index contributed by atoms with van der Waals surface area (Å²) in [7, 11) is 1.82. The third kappa shape index (κ3) is 5.66. The van der Waals surface area contributed by atoms with Gasteiger partial charge in [0.2, 0.25) is 0 Å². The maximum Gasteiger partial charge on any atom is 0.253 e. The Kier molecular flexibility index (Phi) is 7.35. The zero-order chi connectivity index (χ0) is 22.4. The SMILES string of the molecule is CCOc1ccc(C(=O)N(C)Cc2ccccc2)cc1COc1cc(C)cc(C)c1C. The van der Waals surface area contributed by atoms with Crippen molar-refractivity contribution in [2.45, 2.75) is 40.8 Å².